The molecule has 0 bridgehead atoms. The van der Waals surface area contributed by atoms with Gasteiger partial charge < -0.3 is 14.8 Å². The maximum Gasteiger partial charge on any atom is 0.224 e. The maximum absolute atomic E-state index is 12.1. The van der Waals surface area contributed by atoms with Gasteiger partial charge in [0.05, 0.1) is 12.7 Å². The Kier molecular flexibility index (Phi) is 4.91. The Morgan fingerprint density at radius 3 is 2.73 bits per heavy atom. The lowest BCUT2D eigenvalue weighted by Crippen LogP contribution is -2.35. The van der Waals surface area contributed by atoms with Crippen LogP contribution in [0.4, 0.5) is 0 Å². The number of carbonyl (C=O) groups excluding carboxylic acids is 1. The van der Waals surface area contributed by atoms with Gasteiger partial charge in [0.2, 0.25) is 5.91 Å². The number of benzene rings is 1. The fourth-order valence-electron chi connectivity index (χ4n) is 2.49. The SMILES string of the molecule is Cc1ccc2c(CC(=O)NCC(C)(C)CCO)coc2c1C. The molecule has 0 aliphatic rings. The van der Waals surface area contributed by atoms with Gasteiger partial charge in [-0.1, -0.05) is 26.0 Å². The molecule has 0 saturated heterocycles. The third-order valence-corrected chi connectivity index (χ3v) is 4.25. The summed E-state index contributed by atoms with van der Waals surface area (Å²) in [4.78, 5) is 12.1. The largest absolute Gasteiger partial charge is 0.464 e. The molecule has 1 heterocycles. The van der Waals surface area contributed by atoms with E-state index in [-0.39, 0.29) is 17.9 Å². The highest BCUT2D eigenvalue weighted by atomic mass is 16.3. The molecule has 1 amide bonds. The van der Waals surface area contributed by atoms with Gasteiger partial charge in [-0.2, -0.15) is 0 Å². The summed E-state index contributed by atoms with van der Waals surface area (Å²) in [6.45, 7) is 8.83. The van der Waals surface area contributed by atoms with E-state index in [9.17, 15) is 4.79 Å². The summed E-state index contributed by atoms with van der Waals surface area (Å²) in [7, 11) is 0. The first-order chi connectivity index (χ1) is 10.3. The topological polar surface area (TPSA) is 62.5 Å². The molecule has 0 atom stereocenters. The van der Waals surface area contributed by atoms with Gasteiger partial charge in [0.1, 0.15) is 5.58 Å². The molecular formula is C18H25NO3. The molecule has 4 nitrogen and oxygen atoms in total. The van der Waals surface area contributed by atoms with Crippen LogP contribution in [0.15, 0.2) is 22.8 Å². The average Bonchev–Trinajstić information content (AvgIpc) is 2.84. The van der Waals surface area contributed by atoms with Crippen LogP contribution >= 0.6 is 0 Å². The van der Waals surface area contributed by atoms with Crippen LogP contribution in [0.1, 0.15) is 37.0 Å². The second-order valence-corrected chi connectivity index (χ2v) is 6.74. The number of aryl methyl sites for hydroxylation is 2. The minimum Gasteiger partial charge on any atom is -0.464 e. The molecule has 2 aromatic rings. The van der Waals surface area contributed by atoms with Crippen LogP contribution in [0.25, 0.3) is 11.0 Å². The van der Waals surface area contributed by atoms with Gasteiger partial charge in [-0.3, -0.25) is 4.79 Å². The smallest absolute Gasteiger partial charge is 0.224 e. The zero-order valence-electron chi connectivity index (χ0n) is 13.8. The monoisotopic (exact) mass is 303 g/mol. The van der Waals surface area contributed by atoms with Crippen molar-refractivity contribution in [1.82, 2.24) is 5.32 Å². The Labute approximate surface area is 131 Å². The van der Waals surface area contributed by atoms with E-state index in [4.69, 9.17) is 9.52 Å². The summed E-state index contributed by atoms with van der Waals surface area (Å²) in [5.41, 5.74) is 3.98. The van der Waals surface area contributed by atoms with E-state index in [1.54, 1.807) is 6.26 Å². The third-order valence-electron chi connectivity index (χ3n) is 4.25. The average molecular weight is 303 g/mol. The number of nitrogens with one attached hydrogen (secondary N) is 1. The zero-order valence-corrected chi connectivity index (χ0v) is 13.8. The number of hydrogen-bond donors (Lipinski definition) is 2. The molecule has 1 aromatic carbocycles. The summed E-state index contributed by atoms with van der Waals surface area (Å²) in [5.74, 6) is -0.0213. The molecule has 2 rings (SSSR count). The highest BCUT2D eigenvalue weighted by Crippen LogP contribution is 2.26. The fourth-order valence-corrected chi connectivity index (χ4v) is 2.49. The number of aliphatic hydroxyl groups excluding tert-OH is 1. The van der Waals surface area contributed by atoms with Crippen LogP contribution in [0, 0.1) is 19.3 Å². The van der Waals surface area contributed by atoms with E-state index in [2.05, 4.69) is 11.4 Å². The van der Waals surface area contributed by atoms with Gasteiger partial charge in [-0.05, 0) is 36.8 Å². The number of rotatable bonds is 6. The van der Waals surface area contributed by atoms with Crippen LogP contribution < -0.4 is 5.32 Å². The van der Waals surface area contributed by atoms with Gasteiger partial charge in [0.25, 0.3) is 0 Å². The van der Waals surface area contributed by atoms with Crippen molar-refractivity contribution >= 4 is 16.9 Å². The van der Waals surface area contributed by atoms with Gasteiger partial charge in [0.15, 0.2) is 0 Å². The lowest BCUT2D eigenvalue weighted by Gasteiger charge is -2.23. The van der Waals surface area contributed by atoms with Crippen LogP contribution in [-0.2, 0) is 11.2 Å². The summed E-state index contributed by atoms with van der Waals surface area (Å²) in [5, 5.41) is 13.0. The van der Waals surface area contributed by atoms with E-state index in [0.717, 1.165) is 22.1 Å². The zero-order chi connectivity index (χ0) is 16.3. The van der Waals surface area contributed by atoms with Gasteiger partial charge in [-0.25, -0.2) is 0 Å². The van der Waals surface area contributed by atoms with E-state index in [1.807, 2.05) is 33.8 Å². The van der Waals surface area contributed by atoms with E-state index < -0.39 is 0 Å². The van der Waals surface area contributed by atoms with Crippen LogP contribution in [0.2, 0.25) is 0 Å². The van der Waals surface area contributed by atoms with Crippen LogP contribution in [-0.4, -0.2) is 24.2 Å². The Morgan fingerprint density at radius 2 is 2.05 bits per heavy atom. The molecule has 0 spiro atoms. The Bertz CT molecular complexity index is 670. The van der Waals surface area contributed by atoms with E-state index >= 15 is 0 Å². The Hall–Kier alpha value is -1.81. The first-order valence-electron chi connectivity index (χ1n) is 7.68. The molecule has 4 heteroatoms. The molecule has 0 fully saturated rings. The summed E-state index contributed by atoms with van der Waals surface area (Å²) < 4.78 is 5.63. The predicted octanol–water partition coefficient (Wildman–Crippen LogP) is 3.12. The van der Waals surface area contributed by atoms with E-state index in [0.29, 0.717) is 19.4 Å². The highest BCUT2D eigenvalue weighted by molar-refractivity contribution is 5.89. The first-order valence-corrected chi connectivity index (χ1v) is 7.68. The minimum absolute atomic E-state index is 0.0213. The molecule has 0 aliphatic carbocycles. The summed E-state index contributed by atoms with van der Waals surface area (Å²) in [6.07, 6.45) is 2.65. The highest BCUT2D eigenvalue weighted by Gasteiger charge is 2.19. The first kappa shape index (κ1) is 16.6. The lowest BCUT2D eigenvalue weighted by atomic mass is 9.89. The third kappa shape index (κ3) is 3.69. The van der Waals surface area contributed by atoms with Crippen molar-refractivity contribution in [3.63, 3.8) is 0 Å². The van der Waals surface area contributed by atoms with Crippen molar-refractivity contribution in [1.29, 1.82) is 0 Å². The van der Waals surface area contributed by atoms with Crippen molar-refractivity contribution < 1.29 is 14.3 Å². The molecule has 22 heavy (non-hydrogen) atoms. The summed E-state index contributed by atoms with van der Waals surface area (Å²) >= 11 is 0. The predicted molar refractivity (Wildman–Crippen MR) is 87.9 cm³/mol. The fraction of sp³-hybridized carbons (Fsp3) is 0.500. The summed E-state index contributed by atoms with van der Waals surface area (Å²) in [6, 6.07) is 4.07. The molecule has 120 valence electrons. The van der Waals surface area contributed by atoms with Crippen LogP contribution in [0.5, 0.6) is 0 Å². The molecule has 0 aliphatic heterocycles. The number of carbonyl (C=O) groups is 1. The Morgan fingerprint density at radius 1 is 1.32 bits per heavy atom. The second kappa shape index (κ2) is 6.53. The number of fused-ring (bicyclic) bond motifs is 1. The quantitative estimate of drug-likeness (QED) is 0.862. The number of furan rings is 1. The van der Waals surface area contributed by atoms with Crippen molar-refractivity contribution in [2.75, 3.05) is 13.2 Å². The van der Waals surface area contributed by atoms with Gasteiger partial charge in [-0.15, -0.1) is 0 Å². The normalized spacial score (nSPS) is 11.9. The molecule has 2 N–H and O–H groups in total. The van der Waals surface area contributed by atoms with Crippen LogP contribution in [0.3, 0.4) is 0 Å². The molecule has 0 radical (unpaired) electrons. The molecular weight excluding hydrogens is 278 g/mol. The number of amides is 1. The Balaban J connectivity index is 2.05. The van der Waals surface area contributed by atoms with E-state index in [1.165, 1.54) is 5.56 Å². The lowest BCUT2D eigenvalue weighted by molar-refractivity contribution is -0.120. The number of hydrogen-bond acceptors (Lipinski definition) is 3. The molecule has 0 saturated carbocycles. The van der Waals surface area contributed by atoms with Gasteiger partial charge in [0, 0.05) is 24.1 Å². The molecule has 0 unspecified atom stereocenters. The minimum atomic E-state index is -0.101. The van der Waals surface area contributed by atoms with Crippen molar-refractivity contribution in [3.8, 4) is 0 Å². The van der Waals surface area contributed by atoms with Crippen molar-refractivity contribution in [3.05, 3.63) is 35.1 Å². The molecule has 1 aromatic heterocycles. The number of aliphatic hydroxyl groups is 1. The van der Waals surface area contributed by atoms with Crippen molar-refractivity contribution in [2.24, 2.45) is 5.41 Å². The standard InChI is InChI=1S/C18H25NO3/c1-12-5-6-15-14(10-22-17(15)13(12)2)9-16(21)19-11-18(3,4)7-8-20/h5-6,10,20H,7-9,11H2,1-4H3,(H,19,21). The maximum atomic E-state index is 12.1. The van der Waals surface area contributed by atoms with Crippen molar-refractivity contribution in [2.45, 2.75) is 40.5 Å². The van der Waals surface area contributed by atoms with Gasteiger partial charge >= 0.3 is 0 Å². The second-order valence-electron chi connectivity index (χ2n) is 6.74.